The monoisotopic (exact) mass is 466 g/mol. The number of sulfonamides is 1. The Labute approximate surface area is 196 Å². The zero-order chi connectivity index (χ0) is 24.0. The molecule has 1 N–H and O–H groups in total. The maximum Gasteiger partial charge on any atom is 0.264 e. The molecule has 0 aliphatic rings. The van der Waals surface area contributed by atoms with Crippen LogP contribution >= 0.6 is 0 Å². The molecule has 0 spiro atoms. The lowest BCUT2D eigenvalue weighted by Gasteiger charge is -2.20. The number of hydrogen-bond acceptors (Lipinski definition) is 4. The van der Waals surface area contributed by atoms with E-state index in [0.717, 1.165) is 35.2 Å². The van der Waals surface area contributed by atoms with E-state index in [1.54, 1.807) is 48.5 Å². The Morgan fingerprint density at radius 3 is 2.03 bits per heavy atom. The van der Waals surface area contributed by atoms with Crippen LogP contribution in [0, 0.1) is 6.92 Å². The Morgan fingerprint density at radius 2 is 1.48 bits per heavy atom. The molecule has 174 valence electrons. The van der Waals surface area contributed by atoms with Gasteiger partial charge < -0.3 is 10.1 Å². The lowest BCUT2D eigenvalue weighted by Crippen LogP contribution is -2.26. The third-order valence-electron chi connectivity index (χ3n) is 5.51. The average Bonchev–Trinajstić information content (AvgIpc) is 2.83. The fourth-order valence-corrected chi connectivity index (χ4v) is 4.68. The van der Waals surface area contributed by atoms with Crippen molar-refractivity contribution in [2.45, 2.75) is 38.5 Å². The number of hydrogen-bond donors (Lipinski definition) is 1. The summed E-state index contributed by atoms with van der Waals surface area (Å²) in [6.07, 6.45) is 1.65. The predicted octanol–water partition coefficient (Wildman–Crippen LogP) is 4.96. The van der Waals surface area contributed by atoms with E-state index in [-0.39, 0.29) is 17.4 Å². The molecule has 1 amide bonds. The lowest BCUT2D eigenvalue weighted by atomic mass is 10.0. The van der Waals surface area contributed by atoms with Gasteiger partial charge in [0.15, 0.2) is 6.61 Å². The van der Waals surface area contributed by atoms with Crippen LogP contribution in [0.5, 0.6) is 5.75 Å². The highest BCUT2D eigenvalue weighted by Crippen LogP contribution is 2.25. The molecule has 3 rings (SSSR count). The summed E-state index contributed by atoms with van der Waals surface area (Å²) in [6.45, 7) is 5.87. The fourth-order valence-electron chi connectivity index (χ4n) is 3.49. The summed E-state index contributed by atoms with van der Waals surface area (Å²) >= 11 is 0. The molecular weight excluding hydrogens is 436 g/mol. The van der Waals surface area contributed by atoms with E-state index in [0.29, 0.717) is 11.4 Å². The van der Waals surface area contributed by atoms with Gasteiger partial charge in [0.2, 0.25) is 0 Å². The number of rotatable bonds is 9. The largest absolute Gasteiger partial charge is 0.484 e. The topological polar surface area (TPSA) is 75.7 Å². The Balaban J connectivity index is 1.64. The van der Waals surface area contributed by atoms with Gasteiger partial charge in [-0.1, -0.05) is 49.7 Å². The van der Waals surface area contributed by atoms with E-state index in [1.165, 1.54) is 11.4 Å². The normalized spacial score (nSPS) is 11.2. The van der Waals surface area contributed by atoms with Crippen LogP contribution in [0.1, 0.15) is 30.5 Å². The number of benzene rings is 3. The molecule has 0 aromatic heterocycles. The van der Waals surface area contributed by atoms with Crippen LogP contribution < -0.4 is 14.4 Å². The summed E-state index contributed by atoms with van der Waals surface area (Å²) in [5.74, 6) is 0.239. The molecule has 7 heteroatoms. The van der Waals surface area contributed by atoms with Gasteiger partial charge in [-0.05, 0) is 67.3 Å². The van der Waals surface area contributed by atoms with Crippen molar-refractivity contribution in [3.05, 3.63) is 83.4 Å². The minimum absolute atomic E-state index is 0.141. The van der Waals surface area contributed by atoms with Crippen LogP contribution in [0.15, 0.2) is 71.6 Å². The third kappa shape index (κ3) is 5.73. The molecule has 0 fully saturated rings. The van der Waals surface area contributed by atoms with Crippen LogP contribution in [-0.2, 0) is 27.7 Å². The summed E-state index contributed by atoms with van der Waals surface area (Å²) in [7, 11) is -2.16. The highest BCUT2D eigenvalue weighted by Gasteiger charge is 2.21. The van der Waals surface area contributed by atoms with E-state index >= 15 is 0 Å². The summed E-state index contributed by atoms with van der Waals surface area (Å²) in [5, 5.41) is 2.97. The number of nitrogens with zero attached hydrogens (tertiary/aromatic N) is 1. The number of carbonyl (C=O) groups excluding carboxylic acids is 1. The van der Waals surface area contributed by atoms with Crippen molar-refractivity contribution in [2.24, 2.45) is 0 Å². The highest BCUT2D eigenvalue weighted by atomic mass is 32.2. The average molecular weight is 467 g/mol. The quantitative estimate of drug-likeness (QED) is 0.483. The van der Waals surface area contributed by atoms with E-state index in [4.69, 9.17) is 4.74 Å². The first kappa shape index (κ1) is 24.3. The van der Waals surface area contributed by atoms with Gasteiger partial charge in [-0.15, -0.1) is 0 Å². The van der Waals surface area contributed by atoms with Gasteiger partial charge >= 0.3 is 0 Å². The van der Waals surface area contributed by atoms with Gasteiger partial charge in [0, 0.05) is 12.7 Å². The maximum absolute atomic E-state index is 12.9. The van der Waals surface area contributed by atoms with Gasteiger partial charge in [-0.3, -0.25) is 9.10 Å². The number of ether oxygens (including phenoxy) is 1. The van der Waals surface area contributed by atoms with Crippen LogP contribution in [0.3, 0.4) is 0 Å². The minimum atomic E-state index is -3.67. The van der Waals surface area contributed by atoms with Gasteiger partial charge in [-0.25, -0.2) is 8.42 Å². The molecule has 0 aliphatic carbocycles. The molecule has 0 saturated carbocycles. The van der Waals surface area contributed by atoms with Gasteiger partial charge in [0.05, 0.1) is 10.6 Å². The molecule has 0 aliphatic heterocycles. The van der Waals surface area contributed by atoms with Crippen LogP contribution in [-0.4, -0.2) is 28.0 Å². The molecule has 0 atom stereocenters. The Bertz CT molecular complexity index is 1180. The van der Waals surface area contributed by atoms with Crippen LogP contribution in [0.25, 0.3) is 0 Å². The second kappa shape index (κ2) is 10.5. The number of para-hydroxylation sites is 1. The summed E-state index contributed by atoms with van der Waals surface area (Å²) in [4.78, 5) is 12.7. The summed E-state index contributed by atoms with van der Waals surface area (Å²) in [6, 6.07) is 19.4. The van der Waals surface area contributed by atoms with Crippen molar-refractivity contribution >= 4 is 27.3 Å². The van der Waals surface area contributed by atoms with Crippen LogP contribution in [0.4, 0.5) is 11.4 Å². The zero-order valence-electron chi connectivity index (χ0n) is 19.5. The smallest absolute Gasteiger partial charge is 0.264 e. The van der Waals surface area contributed by atoms with Crippen molar-refractivity contribution in [3.8, 4) is 5.75 Å². The van der Waals surface area contributed by atoms with Gasteiger partial charge in [-0.2, -0.15) is 0 Å². The van der Waals surface area contributed by atoms with E-state index in [1.807, 2.05) is 25.1 Å². The van der Waals surface area contributed by atoms with Crippen molar-refractivity contribution in [3.63, 3.8) is 0 Å². The van der Waals surface area contributed by atoms with Crippen molar-refractivity contribution in [2.75, 3.05) is 23.3 Å². The van der Waals surface area contributed by atoms with Gasteiger partial charge in [0.1, 0.15) is 5.75 Å². The highest BCUT2D eigenvalue weighted by molar-refractivity contribution is 7.92. The number of carbonyl (C=O) groups is 1. The van der Waals surface area contributed by atoms with E-state index in [9.17, 15) is 13.2 Å². The molecule has 33 heavy (non-hydrogen) atoms. The molecule has 0 radical (unpaired) electrons. The lowest BCUT2D eigenvalue weighted by molar-refractivity contribution is -0.118. The minimum Gasteiger partial charge on any atom is -0.484 e. The first-order valence-electron chi connectivity index (χ1n) is 10.9. The maximum atomic E-state index is 12.9. The molecule has 6 nitrogen and oxygen atoms in total. The van der Waals surface area contributed by atoms with Gasteiger partial charge in [0.25, 0.3) is 15.9 Å². The molecule has 0 saturated heterocycles. The molecule has 0 unspecified atom stereocenters. The number of nitrogens with one attached hydrogen (secondary N) is 1. The van der Waals surface area contributed by atoms with E-state index < -0.39 is 10.0 Å². The molecular formula is C26H30N2O4S. The number of amides is 1. The molecule has 0 heterocycles. The number of aryl methyl sites for hydroxylation is 3. The third-order valence-corrected chi connectivity index (χ3v) is 7.31. The van der Waals surface area contributed by atoms with Crippen molar-refractivity contribution in [1.82, 2.24) is 0 Å². The molecule has 0 bridgehead atoms. The number of anilines is 2. The molecule has 3 aromatic carbocycles. The second-order valence-electron chi connectivity index (χ2n) is 7.77. The van der Waals surface area contributed by atoms with Crippen molar-refractivity contribution < 1.29 is 17.9 Å². The predicted molar refractivity (Wildman–Crippen MR) is 133 cm³/mol. The zero-order valence-corrected chi connectivity index (χ0v) is 20.3. The SMILES string of the molecule is CCc1cccc(CC)c1NC(=O)COc1ccc(N(C)S(=O)(=O)c2ccc(C)cc2)cc1. The Morgan fingerprint density at radius 1 is 0.909 bits per heavy atom. The Hall–Kier alpha value is -3.32. The standard InChI is InChI=1S/C26H30N2O4S/c1-5-20-8-7-9-21(6-2)26(20)27-25(29)18-32-23-14-12-22(13-15-23)28(4)33(30,31)24-16-10-19(3)11-17-24/h7-17H,5-6,18H2,1-4H3,(H,27,29). The Kier molecular flexibility index (Phi) is 7.76. The van der Waals surface area contributed by atoms with Crippen molar-refractivity contribution in [1.29, 1.82) is 0 Å². The second-order valence-corrected chi connectivity index (χ2v) is 9.74. The first-order valence-corrected chi connectivity index (χ1v) is 12.4. The molecule has 3 aromatic rings. The summed E-state index contributed by atoms with van der Waals surface area (Å²) in [5.41, 5.74) is 4.52. The summed E-state index contributed by atoms with van der Waals surface area (Å²) < 4.78 is 32.6. The first-order chi connectivity index (χ1) is 15.8. The fraction of sp³-hybridized carbons (Fsp3) is 0.269. The van der Waals surface area contributed by atoms with Crippen LogP contribution in [0.2, 0.25) is 0 Å². The van der Waals surface area contributed by atoms with E-state index in [2.05, 4.69) is 19.2 Å².